The molecule has 0 aliphatic carbocycles. The Bertz CT molecular complexity index is 763. The van der Waals surface area contributed by atoms with Crippen LogP contribution < -0.4 is 5.32 Å². The number of carbonyl (C=O) groups is 2. The van der Waals surface area contributed by atoms with Crippen LogP contribution in [0.15, 0.2) is 36.4 Å². The zero-order valence-electron chi connectivity index (χ0n) is 12.1. The summed E-state index contributed by atoms with van der Waals surface area (Å²) in [6.45, 7) is -0.707. The van der Waals surface area contributed by atoms with E-state index < -0.39 is 42.4 Å². The number of esters is 1. The molecule has 0 unspecified atom stereocenters. The molecule has 0 aromatic heterocycles. The average molecular weight is 358 g/mol. The molecule has 2 aromatic carbocycles. The van der Waals surface area contributed by atoms with Crippen molar-refractivity contribution >= 4 is 29.2 Å². The molecular formula is C16H11ClF3NO3. The number of hydrogen-bond donors (Lipinski definition) is 1. The van der Waals surface area contributed by atoms with Crippen molar-refractivity contribution in [1.82, 2.24) is 0 Å². The van der Waals surface area contributed by atoms with Crippen LogP contribution in [0.2, 0.25) is 5.02 Å². The summed E-state index contributed by atoms with van der Waals surface area (Å²) >= 11 is 5.77. The molecule has 0 saturated heterocycles. The van der Waals surface area contributed by atoms with Crippen molar-refractivity contribution in [1.29, 1.82) is 0 Å². The normalized spacial score (nSPS) is 10.3. The quantitative estimate of drug-likeness (QED) is 0.833. The van der Waals surface area contributed by atoms with Gasteiger partial charge in [0.1, 0.15) is 17.5 Å². The molecule has 1 amide bonds. The predicted molar refractivity (Wildman–Crippen MR) is 81.1 cm³/mol. The van der Waals surface area contributed by atoms with Crippen molar-refractivity contribution < 1.29 is 27.5 Å². The van der Waals surface area contributed by atoms with Crippen LogP contribution in [0, 0.1) is 17.5 Å². The van der Waals surface area contributed by atoms with Crippen LogP contribution in [0.3, 0.4) is 0 Å². The van der Waals surface area contributed by atoms with Crippen molar-refractivity contribution in [3.8, 4) is 0 Å². The average Bonchev–Trinajstić information content (AvgIpc) is 2.52. The van der Waals surface area contributed by atoms with E-state index in [0.717, 1.165) is 18.2 Å². The number of ether oxygens (including phenoxy) is 1. The second-order valence-corrected chi connectivity index (χ2v) is 5.12. The van der Waals surface area contributed by atoms with E-state index in [1.165, 1.54) is 12.1 Å². The predicted octanol–water partition coefficient (Wildman–Crippen LogP) is 3.48. The van der Waals surface area contributed by atoms with Crippen LogP contribution in [0.25, 0.3) is 0 Å². The van der Waals surface area contributed by atoms with E-state index in [0.29, 0.717) is 6.07 Å². The standard InChI is InChI=1S/C16H11ClF3NO3/c17-11-2-1-3-12(19)10(11)7-16(23)24-8-15(22)21-14-5-4-9(18)6-13(14)20/h1-6H,7-8H2,(H,21,22). The van der Waals surface area contributed by atoms with Gasteiger partial charge in [-0.15, -0.1) is 0 Å². The van der Waals surface area contributed by atoms with Crippen LogP contribution in [-0.2, 0) is 20.7 Å². The Balaban J connectivity index is 1.88. The van der Waals surface area contributed by atoms with Crippen LogP contribution in [0.5, 0.6) is 0 Å². The van der Waals surface area contributed by atoms with Crippen molar-refractivity contribution in [3.05, 3.63) is 64.4 Å². The van der Waals surface area contributed by atoms with Gasteiger partial charge in [-0.05, 0) is 24.3 Å². The summed E-state index contributed by atoms with van der Waals surface area (Å²) in [4.78, 5) is 23.2. The Morgan fingerprint density at radius 3 is 2.50 bits per heavy atom. The summed E-state index contributed by atoms with van der Waals surface area (Å²) in [6, 6.07) is 6.53. The van der Waals surface area contributed by atoms with Crippen LogP contribution >= 0.6 is 11.6 Å². The van der Waals surface area contributed by atoms with Gasteiger partial charge in [0.2, 0.25) is 0 Å². The molecule has 0 aliphatic rings. The maximum atomic E-state index is 13.5. The Hall–Kier alpha value is -2.54. The number of amides is 1. The molecule has 0 radical (unpaired) electrons. The van der Waals surface area contributed by atoms with Gasteiger partial charge in [-0.2, -0.15) is 0 Å². The molecule has 2 rings (SSSR count). The highest BCUT2D eigenvalue weighted by atomic mass is 35.5. The first-order chi connectivity index (χ1) is 11.4. The molecule has 24 heavy (non-hydrogen) atoms. The van der Waals surface area contributed by atoms with Gasteiger partial charge in [-0.25, -0.2) is 13.2 Å². The molecule has 0 fully saturated rings. The molecule has 0 saturated carbocycles. The molecule has 126 valence electrons. The fourth-order valence-corrected chi connectivity index (χ4v) is 2.05. The zero-order valence-corrected chi connectivity index (χ0v) is 12.9. The molecule has 1 N–H and O–H groups in total. The number of halogens is 4. The lowest BCUT2D eigenvalue weighted by Gasteiger charge is -2.08. The van der Waals surface area contributed by atoms with Gasteiger partial charge in [0, 0.05) is 16.7 Å². The van der Waals surface area contributed by atoms with Gasteiger partial charge < -0.3 is 10.1 Å². The van der Waals surface area contributed by atoms with E-state index in [1.807, 2.05) is 0 Å². The van der Waals surface area contributed by atoms with E-state index >= 15 is 0 Å². The minimum atomic E-state index is -0.965. The lowest BCUT2D eigenvalue weighted by molar-refractivity contribution is -0.146. The third-order valence-electron chi connectivity index (χ3n) is 2.95. The monoisotopic (exact) mass is 357 g/mol. The van der Waals surface area contributed by atoms with E-state index in [2.05, 4.69) is 10.1 Å². The summed E-state index contributed by atoms with van der Waals surface area (Å²) < 4.78 is 44.3. The molecule has 4 nitrogen and oxygen atoms in total. The first kappa shape index (κ1) is 17.8. The minimum Gasteiger partial charge on any atom is -0.455 e. The van der Waals surface area contributed by atoms with Crippen LogP contribution in [-0.4, -0.2) is 18.5 Å². The van der Waals surface area contributed by atoms with E-state index in [9.17, 15) is 22.8 Å². The summed E-state index contributed by atoms with van der Waals surface area (Å²) in [7, 11) is 0. The molecule has 8 heteroatoms. The Labute approximate surface area is 140 Å². The lowest BCUT2D eigenvalue weighted by atomic mass is 10.1. The van der Waals surface area contributed by atoms with E-state index in [1.54, 1.807) is 0 Å². The van der Waals surface area contributed by atoms with Crippen molar-refractivity contribution in [2.75, 3.05) is 11.9 Å². The van der Waals surface area contributed by atoms with Crippen molar-refractivity contribution in [2.24, 2.45) is 0 Å². The highest BCUT2D eigenvalue weighted by Gasteiger charge is 2.15. The van der Waals surface area contributed by atoms with E-state index in [4.69, 9.17) is 11.6 Å². The van der Waals surface area contributed by atoms with Crippen molar-refractivity contribution in [2.45, 2.75) is 6.42 Å². The topological polar surface area (TPSA) is 55.4 Å². The number of carbonyl (C=O) groups excluding carboxylic acids is 2. The highest BCUT2D eigenvalue weighted by molar-refractivity contribution is 6.31. The molecule has 0 aliphatic heterocycles. The van der Waals surface area contributed by atoms with Gasteiger partial charge in [0.25, 0.3) is 5.91 Å². The molecule has 2 aromatic rings. The second-order valence-electron chi connectivity index (χ2n) is 4.71. The summed E-state index contributed by atoms with van der Waals surface area (Å²) in [6.07, 6.45) is -0.455. The number of benzene rings is 2. The Kier molecular flexibility index (Phi) is 5.81. The molecule has 0 bridgehead atoms. The SMILES string of the molecule is O=C(COC(=O)Cc1c(F)cccc1Cl)Nc1ccc(F)cc1F. The molecule has 0 heterocycles. The minimum absolute atomic E-state index is 0.0471. The summed E-state index contributed by atoms with van der Waals surface area (Å²) in [5, 5.41) is 2.18. The van der Waals surface area contributed by atoms with Crippen molar-refractivity contribution in [3.63, 3.8) is 0 Å². The fraction of sp³-hybridized carbons (Fsp3) is 0.125. The van der Waals surface area contributed by atoms with Gasteiger partial charge in [0.15, 0.2) is 6.61 Å². The second kappa shape index (κ2) is 7.83. The molecule has 0 atom stereocenters. The number of anilines is 1. The number of nitrogens with one attached hydrogen (secondary N) is 1. The smallest absolute Gasteiger partial charge is 0.310 e. The summed E-state index contributed by atoms with van der Waals surface area (Å²) in [5.41, 5.74) is -0.302. The van der Waals surface area contributed by atoms with Gasteiger partial charge in [-0.3, -0.25) is 9.59 Å². The van der Waals surface area contributed by atoms with Crippen LogP contribution in [0.1, 0.15) is 5.56 Å². The highest BCUT2D eigenvalue weighted by Crippen LogP contribution is 2.20. The number of hydrogen-bond acceptors (Lipinski definition) is 3. The maximum Gasteiger partial charge on any atom is 0.310 e. The summed E-state index contributed by atoms with van der Waals surface area (Å²) in [5.74, 6) is -4.13. The fourth-order valence-electron chi connectivity index (χ4n) is 1.82. The first-order valence-corrected chi connectivity index (χ1v) is 7.08. The largest absolute Gasteiger partial charge is 0.455 e. The third-order valence-corrected chi connectivity index (χ3v) is 3.31. The first-order valence-electron chi connectivity index (χ1n) is 6.70. The Morgan fingerprint density at radius 2 is 1.83 bits per heavy atom. The number of rotatable bonds is 5. The van der Waals surface area contributed by atoms with Crippen LogP contribution in [0.4, 0.5) is 18.9 Å². The molecular weight excluding hydrogens is 347 g/mol. The zero-order chi connectivity index (χ0) is 17.7. The molecule has 0 spiro atoms. The Morgan fingerprint density at radius 1 is 1.08 bits per heavy atom. The lowest BCUT2D eigenvalue weighted by Crippen LogP contribution is -2.22. The van der Waals surface area contributed by atoms with Gasteiger partial charge in [-0.1, -0.05) is 17.7 Å². The van der Waals surface area contributed by atoms with Gasteiger partial charge in [0.05, 0.1) is 12.1 Å². The maximum absolute atomic E-state index is 13.5. The van der Waals surface area contributed by atoms with E-state index in [-0.39, 0.29) is 16.3 Å². The van der Waals surface area contributed by atoms with Gasteiger partial charge >= 0.3 is 5.97 Å². The third kappa shape index (κ3) is 4.73.